The summed E-state index contributed by atoms with van der Waals surface area (Å²) in [5.41, 5.74) is 1.43. The van der Waals surface area contributed by atoms with E-state index in [0.29, 0.717) is 22.9 Å². The van der Waals surface area contributed by atoms with Crippen LogP contribution in [0.15, 0.2) is 42.7 Å². The standard InChI is InChI=1S/C18H15ClN6O2/c1-10-21-16(12-4-3-7-20-9-12)24-18(22-10)25-17(27)14-6-5-13(8-15(14)19)23-11(2)26/h3-9H,1-2H3,(H,23,26)(H,21,22,24,25,27). The number of anilines is 2. The first-order valence-electron chi connectivity index (χ1n) is 7.94. The summed E-state index contributed by atoms with van der Waals surface area (Å²) in [7, 11) is 0. The first-order valence-corrected chi connectivity index (χ1v) is 8.32. The Bertz CT molecular complexity index is 1010. The molecule has 2 N–H and O–H groups in total. The minimum absolute atomic E-state index is 0.105. The number of benzene rings is 1. The van der Waals surface area contributed by atoms with E-state index in [1.165, 1.54) is 19.1 Å². The van der Waals surface area contributed by atoms with Gasteiger partial charge < -0.3 is 5.32 Å². The Kier molecular flexibility index (Phi) is 5.37. The van der Waals surface area contributed by atoms with E-state index >= 15 is 0 Å². The van der Waals surface area contributed by atoms with E-state index in [4.69, 9.17) is 11.6 Å². The second-order valence-electron chi connectivity index (χ2n) is 5.60. The van der Waals surface area contributed by atoms with E-state index in [9.17, 15) is 9.59 Å². The maximum atomic E-state index is 12.5. The fraction of sp³-hybridized carbons (Fsp3) is 0.111. The number of nitrogens with one attached hydrogen (secondary N) is 2. The number of aryl methyl sites for hydroxylation is 1. The average molecular weight is 383 g/mol. The van der Waals surface area contributed by atoms with Crippen LogP contribution >= 0.6 is 11.6 Å². The number of amides is 2. The molecule has 136 valence electrons. The molecule has 0 spiro atoms. The van der Waals surface area contributed by atoms with Crippen molar-refractivity contribution in [1.82, 2.24) is 19.9 Å². The van der Waals surface area contributed by atoms with Gasteiger partial charge in [0.25, 0.3) is 5.91 Å². The molecular formula is C18H15ClN6O2. The van der Waals surface area contributed by atoms with E-state index in [0.717, 1.165) is 0 Å². The fourth-order valence-electron chi connectivity index (χ4n) is 2.31. The molecule has 0 saturated heterocycles. The van der Waals surface area contributed by atoms with Gasteiger partial charge in [0.2, 0.25) is 11.9 Å². The van der Waals surface area contributed by atoms with Crippen LogP contribution in [0.2, 0.25) is 5.02 Å². The Hall–Kier alpha value is -3.39. The lowest BCUT2D eigenvalue weighted by Crippen LogP contribution is -2.16. The van der Waals surface area contributed by atoms with Crippen molar-refractivity contribution in [3.63, 3.8) is 0 Å². The van der Waals surface area contributed by atoms with E-state index in [1.54, 1.807) is 31.5 Å². The van der Waals surface area contributed by atoms with Crippen molar-refractivity contribution in [2.45, 2.75) is 13.8 Å². The van der Waals surface area contributed by atoms with Gasteiger partial charge in [0.05, 0.1) is 10.6 Å². The van der Waals surface area contributed by atoms with Gasteiger partial charge in [-0.25, -0.2) is 4.98 Å². The topological polar surface area (TPSA) is 110 Å². The van der Waals surface area contributed by atoms with Crippen molar-refractivity contribution >= 4 is 35.1 Å². The minimum atomic E-state index is -0.475. The van der Waals surface area contributed by atoms with Gasteiger partial charge in [-0.2, -0.15) is 9.97 Å². The molecule has 3 aromatic rings. The maximum Gasteiger partial charge on any atom is 0.259 e. The highest BCUT2D eigenvalue weighted by Crippen LogP contribution is 2.22. The number of nitrogens with zero attached hydrogens (tertiary/aromatic N) is 4. The molecule has 9 heteroatoms. The molecule has 8 nitrogen and oxygen atoms in total. The van der Waals surface area contributed by atoms with Crippen LogP contribution in [0.3, 0.4) is 0 Å². The third kappa shape index (κ3) is 4.62. The minimum Gasteiger partial charge on any atom is -0.326 e. The number of carbonyl (C=O) groups excluding carboxylic acids is 2. The van der Waals surface area contributed by atoms with Gasteiger partial charge in [-0.3, -0.25) is 19.9 Å². The highest BCUT2D eigenvalue weighted by atomic mass is 35.5. The Morgan fingerprint density at radius 1 is 1.07 bits per heavy atom. The van der Waals surface area contributed by atoms with Crippen molar-refractivity contribution in [2.75, 3.05) is 10.6 Å². The third-order valence-electron chi connectivity index (χ3n) is 3.43. The second kappa shape index (κ2) is 7.88. The van der Waals surface area contributed by atoms with Crippen LogP contribution in [0, 0.1) is 6.92 Å². The number of hydrogen-bond donors (Lipinski definition) is 2. The van der Waals surface area contributed by atoms with Gasteiger partial charge in [-0.05, 0) is 37.3 Å². The highest BCUT2D eigenvalue weighted by molar-refractivity contribution is 6.34. The van der Waals surface area contributed by atoms with Gasteiger partial charge in [-0.1, -0.05) is 11.6 Å². The Balaban J connectivity index is 1.84. The lowest BCUT2D eigenvalue weighted by Gasteiger charge is -2.09. The predicted molar refractivity (Wildman–Crippen MR) is 102 cm³/mol. The lowest BCUT2D eigenvalue weighted by atomic mass is 10.2. The third-order valence-corrected chi connectivity index (χ3v) is 3.74. The predicted octanol–water partition coefficient (Wildman–Crippen LogP) is 3.11. The molecule has 0 fully saturated rings. The van der Waals surface area contributed by atoms with Crippen molar-refractivity contribution in [3.05, 3.63) is 59.1 Å². The van der Waals surface area contributed by atoms with Crippen LogP contribution in [0.5, 0.6) is 0 Å². The van der Waals surface area contributed by atoms with Gasteiger partial charge in [0.15, 0.2) is 5.82 Å². The van der Waals surface area contributed by atoms with Crippen LogP contribution in [0.4, 0.5) is 11.6 Å². The molecule has 0 unspecified atom stereocenters. The fourth-order valence-corrected chi connectivity index (χ4v) is 2.58. The number of rotatable bonds is 4. The Labute approximate surface area is 160 Å². The first kappa shape index (κ1) is 18.4. The lowest BCUT2D eigenvalue weighted by molar-refractivity contribution is -0.114. The maximum absolute atomic E-state index is 12.5. The molecule has 0 saturated carbocycles. The molecule has 0 bridgehead atoms. The molecule has 0 aliphatic carbocycles. The smallest absolute Gasteiger partial charge is 0.259 e. The van der Waals surface area contributed by atoms with Crippen LogP contribution in [0.25, 0.3) is 11.4 Å². The molecule has 0 aliphatic heterocycles. The Morgan fingerprint density at radius 2 is 1.89 bits per heavy atom. The number of halogens is 1. The molecule has 0 aliphatic rings. The van der Waals surface area contributed by atoms with Crippen LogP contribution in [0.1, 0.15) is 23.1 Å². The van der Waals surface area contributed by atoms with E-state index in [2.05, 4.69) is 30.6 Å². The molecular weight excluding hydrogens is 368 g/mol. The van der Waals surface area contributed by atoms with Crippen LogP contribution in [-0.4, -0.2) is 31.8 Å². The molecule has 0 atom stereocenters. The summed E-state index contributed by atoms with van der Waals surface area (Å²) in [4.78, 5) is 40.3. The zero-order chi connectivity index (χ0) is 19.4. The van der Waals surface area contributed by atoms with Crippen LogP contribution < -0.4 is 10.6 Å². The van der Waals surface area contributed by atoms with Gasteiger partial charge in [0.1, 0.15) is 5.82 Å². The number of pyridine rings is 1. The average Bonchev–Trinajstić information content (AvgIpc) is 2.61. The van der Waals surface area contributed by atoms with Crippen molar-refractivity contribution in [3.8, 4) is 11.4 Å². The summed E-state index contributed by atoms with van der Waals surface area (Å²) in [5, 5.41) is 5.41. The van der Waals surface area contributed by atoms with Crippen LogP contribution in [-0.2, 0) is 4.79 Å². The zero-order valence-corrected chi connectivity index (χ0v) is 15.3. The molecule has 1 aromatic carbocycles. The van der Waals surface area contributed by atoms with Gasteiger partial charge in [0, 0.05) is 30.6 Å². The molecule has 2 heterocycles. The van der Waals surface area contributed by atoms with Gasteiger partial charge >= 0.3 is 0 Å². The highest BCUT2D eigenvalue weighted by Gasteiger charge is 2.14. The first-order chi connectivity index (χ1) is 12.9. The normalized spacial score (nSPS) is 10.3. The molecule has 0 radical (unpaired) electrons. The number of hydrogen-bond acceptors (Lipinski definition) is 6. The quantitative estimate of drug-likeness (QED) is 0.717. The van der Waals surface area contributed by atoms with Crippen molar-refractivity contribution in [2.24, 2.45) is 0 Å². The number of carbonyl (C=O) groups is 2. The van der Waals surface area contributed by atoms with Crippen molar-refractivity contribution in [1.29, 1.82) is 0 Å². The number of aromatic nitrogens is 4. The largest absolute Gasteiger partial charge is 0.326 e. The molecule has 3 rings (SSSR count). The summed E-state index contributed by atoms with van der Waals surface area (Å²) >= 11 is 6.16. The van der Waals surface area contributed by atoms with Gasteiger partial charge in [-0.15, -0.1) is 0 Å². The monoisotopic (exact) mass is 382 g/mol. The second-order valence-corrected chi connectivity index (χ2v) is 6.01. The van der Waals surface area contributed by atoms with E-state index in [-0.39, 0.29) is 22.4 Å². The zero-order valence-electron chi connectivity index (χ0n) is 14.5. The molecule has 2 aromatic heterocycles. The summed E-state index contributed by atoms with van der Waals surface area (Å²) in [6, 6.07) is 8.17. The van der Waals surface area contributed by atoms with E-state index in [1.807, 2.05) is 6.07 Å². The Morgan fingerprint density at radius 3 is 2.56 bits per heavy atom. The SMILES string of the molecule is CC(=O)Nc1ccc(C(=O)Nc2nc(C)nc(-c3cccnc3)n2)c(Cl)c1. The summed E-state index contributed by atoms with van der Waals surface area (Å²) in [5.74, 6) is 0.251. The van der Waals surface area contributed by atoms with E-state index < -0.39 is 5.91 Å². The summed E-state index contributed by atoms with van der Waals surface area (Å²) in [6.45, 7) is 3.09. The molecule has 2 amide bonds. The summed E-state index contributed by atoms with van der Waals surface area (Å²) in [6.07, 6.45) is 3.27. The summed E-state index contributed by atoms with van der Waals surface area (Å²) < 4.78 is 0. The molecule has 27 heavy (non-hydrogen) atoms. The van der Waals surface area contributed by atoms with Crippen molar-refractivity contribution < 1.29 is 9.59 Å².